The number of thiophene rings is 1. The van der Waals surface area contributed by atoms with Gasteiger partial charge in [0.15, 0.2) is 0 Å². The molecule has 0 aliphatic heterocycles. The summed E-state index contributed by atoms with van der Waals surface area (Å²) in [5.41, 5.74) is 6.36. The lowest BCUT2D eigenvalue weighted by Gasteiger charge is -2.17. The zero-order valence-corrected chi connectivity index (χ0v) is 12.4. The lowest BCUT2D eigenvalue weighted by Crippen LogP contribution is -2.21. The highest BCUT2D eigenvalue weighted by molar-refractivity contribution is 7.18. The lowest BCUT2D eigenvalue weighted by atomic mass is 10.1. The first-order valence-corrected chi connectivity index (χ1v) is 7.00. The summed E-state index contributed by atoms with van der Waals surface area (Å²) in [5, 5.41) is 13.0. The van der Waals surface area contributed by atoms with E-state index in [9.17, 15) is 4.79 Å². The van der Waals surface area contributed by atoms with Crippen LogP contribution in [0.15, 0.2) is 0 Å². The maximum Gasteiger partial charge on any atom is 0.350 e. The number of nitrogen functional groups attached to an aromatic ring is 1. The molecule has 5 nitrogen and oxygen atoms in total. The normalized spacial score (nSPS) is 12.0. The Balaban J connectivity index is 3.10. The Kier molecular flexibility index (Phi) is 5.19. The van der Waals surface area contributed by atoms with Crippen molar-refractivity contribution in [1.82, 2.24) is 0 Å². The van der Waals surface area contributed by atoms with Gasteiger partial charge in [-0.1, -0.05) is 13.8 Å². The van der Waals surface area contributed by atoms with E-state index in [0.717, 1.165) is 0 Å². The van der Waals surface area contributed by atoms with Crippen LogP contribution in [0.5, 0.6) is 0 Å². The molecule has 6 heteroatoms. The van der Waals surface area contributed by atoms with Gasteiger partial charge in [0.25, 0.3) is 0 Å². The van der Waals surface area contributed by atoms with E-state index in [1.807, 2.05) is 13.0 Å². The average Bonchev–Trinajstić information content (AvgIpc) is 2.65. The molecule has 1 rings (SSSR count). The van der Waals surface area contributed by atoms with Crippen LogP contribution in [0, 0.1) is 17.2 Å². The quantitative estimate of drug-likeness (QED) is 0.810. The third kappa shape index (κ3) is 3.38. The molecule has 0 saturated carbocycles. The van der Waals surface area contributed by atoms with Crippen molar-refractivity contribution in [3.05, 3.63) is 10.4 Å². The Hall–Kier alpha value is -1.74. The third-order valence-corrected chi connectivity index (χ3v) is 3.99. The third-order valence-electron chi connectivity index (χ3n) is 2.88. The number of nitriles is 1. The van der Waals surface area contributed by atoms with Gasteiger partial charge in [0, 0.05) is 6.04 Å². The molecule has 0 bridgehead atoms. The molecule has 0 aromatic carbocycles. The maximum absolute atomic E-state index is 11.7. The Morgan fingerprint density at radius 1 is 1.53 bits per heavy atom. The number of rotatable bonds is 5. The first-order chi connectivity index (χ1) is 8.92. The predicted octanol–water partition coefficient (Wildman–Crippen LogP) is 2.84. The van der Waals surface area contributed by atoms with Crippen molar-refractivity contribution >= 4 is 28.0 Å². The van der Waals surface area contributed by atoms with E-state index in [1.54, 1.807) is 6.92 Å². The number of nitrogens with two attached hydrogens (primary N) is 1. The number of ether oxygens (including phenoxy) is 1. The van der Waals surface area contributed by atoms with Crippen molar-refractivity contribution in [1.29, 1.82) is 5.26 Å². The van der Waals surface area contributed by atoms with E-state index in [0.29, 0.717) is 16.5 Å². The highest BCUT2D eigenvalue weighted by Crippen LogP contribution is 2.36. The van der Waals surface area contributed by atoms with Crippen LogP contribution < -0.4 is 11.1 Å². The van der Waals surface area contributed by atoms with Gasteiger partial charge in [0.1, 0.15) is 21.5 Å². The molecule has 104 valence electrons. The maximum atomic E-state index is 11.7. The number of nitrogens with zero attached hydrogens (tertiary/aromatic N) is 1. The number of hydrogen-bond acceptors (Lipinski definition) is 6. The SMILES string of the molecule is CCOC(=O)c1sc(NC(C)C(C)C)c(C#N)c1N. The molecule has 1 heterocycles. The Labute approximate surface area is 117 Å². The fraction of sp³-hybridized carbons (Fsp3) is 0.538. The smallest absolute Gasteiger partial charge is 0.350 e. The monoisotopic (exact) mass is 281 g/mol. The van der Waals surface area contributed by atoms with E-state index in [1.165, 1.54) is 11.3 Å². The van der Waals surface area contributed by atoms with Crippen molar-refractivity contribution in [2.75, 3.05) is 17.7 Å². The summed E-state index contributed by atoms with van der Waals surface area (Å²) in [6.07, 6.45) is 0. The number of esters is 1. The number of anilines is 2. The summed E-state index contributed by atoms with van der Waals surface area (Å²) in [7, 11) is 0. The van der Waals surface area contributed by atoms with Gasteiger partial charge in [-0.2, -0.15) is 5.26 Å². The minimum absolute atomic E-state index is 0.181. The topological polar surface area (TPSA) is 88.1 Å². The predicted molar refractivity (Wildman–Crippen MR) is 77.3 cm³/mol. The molecule has 0 radical (unpaired) electrons. The zero-order chi connectivity index (χ0) is 14.6. The van der Waals surface area contributed by atoms with Crippen LogP contribution in [-0.2, 0) is 4.74 Å². The molecule has 19 heavy (non-hydrogen) atoms. The van der Waals surface area contributed by atoms with Crippen molar-refractivity contribution in [2.24, 2.45) is 5.92 Å². The summed E-state index contributed by atoms with van der Waals surface area (Å²) in [6.45, 7) is 8.18. The molecule has 1 aromatic rings. The minimum Gasteiger partial charge on any atom is -0.462 e. The van der Waals surface area contributed by atoms with E-state index in [-0.39, 0.29) is 23.2 Å². The van der Waals surface area contributed by atoms with Gasteiger partial charge in [-0.3, -0.25) is 0 Å². The highest BCUT2D eigenvalue weighted by Gasteiger charge is 2.23. The van der Waals surface area contributed by atoms with Gasteiger partial charge in [-0.05, 0) is 19.8 Å². The molecule has 0 spiro atoms. The Morgan fingerprint density at radius 3 is 2.63 bits per heavy atom. The van der Waals surface area contributed by atoms with Crippen LogP contribution in [0.25, 0.3) is 0 Å². The van der Waals surface area contributed by atoms with Crippen LogP contribution in [0.2, 0.25) is 0 Å². The first-order valence-electron chi connectivity index (χ1n) is 6.18. The van der Waals surface area contributed by atoms with E-state index < -0.39 is 5.97 Å². The standard InChI is InChI=1S/C13H19N3O2S/c1-5-18-13(17)11-10(15)9(6-14)12(19-11)16-8(4)7(2)3/h7-8,16H,5,15H2,1-4H3. The molecular formula is C13H19N3O2S. The Bertz CT molecular complexity index is 503. The molecule has 0 aliphatic carbocycles. The zero-order valence-electron chi connectivity index (χ0n) is 11.6. The minimum atomic E-state index is -0.480. The highest BCUT2D eigenvalue weighted by atomic mass is 32.1. The molecule has 1 atom stereocenters. The summed E-state index contributed by atoms with van der Waals surface area (Å²) in [6, 6.07) is 2.22. The van der Waals surface area contributed by atoms with Gasteiger partial charge in [0.2, 0.25) is 0 Å². The molecule has 0 fully saturated rings. The van der Waals surface area contributed by atoms with Gasteiger partial charge in [0.05, 0.1) is 12.3 Å². The van der Waals surface area contributed by atoms with Gasteiger partial charge in [-0.25, -0.2) is 4.79 Å². The lowest BCUT2D eigenvalue weighted by molar-refractivity contribution is 0.0533. The number of carbonyl (C=O) groups is 1. The van der Waals surface area contributed by atoms with Crippen LogP contribution in [0.1, 0.15) is 42.9 Å². The van der Waals surface area contributed by atoms with Gasteiger partial charge >= 0.3 is 5.97 Å². The summed E-state index contributed by atoms with van der Waals surface area (Å²) in [4.78, 5) is 12.0. The molecule has 0 saturated heterocycles. The van der Waals surface area contributed by atoms with E-state index >= 15 is 0 Å². The van der Waals surface area contributed by atoms with Crippen LogP contribution >= 0.6 is 11.3 Å². The molecule has 1 unspecified atom stereocenters. The Morgan fingerprint density at radius 2 is 2.16 bits per heavy atom. The van der Waals surface area contributed by atoms with Crippen molar-refractivity contribution in [3.63, 3.8) is 0 Å². The number of hydrogen-bond donors (Lipinski definition) is 2. The molecular weight excluding hydrogens is 262 g/mol. The number of nitrogens with one attached hydrogen (secondary N) is 1. The van der Waals surface area contributed by atoms with Crippen molar-refractivity contribution in [2.45, 2.75) is 33.7 Å². The first kappa shape index (κ1) is 15.3. The van der Waals surface area contributed by atoms with Gasteiger partial charge < -0.3 is 15.8 Å². The summed E-state index contributed by atoms with van der Waals surface area (Å²) in [5.74, 6) is -0.0762. The number of carbonyl (C=O) groups excluding carboxylic acids is 1. The van der Waals surface area contributed by atoms with E-state index in [4.69, 9.17) is 15.7 Å². The largest absolute Gasteiger partial charge is 0.462 e. The second-order valence-corrected chi connectivity index (χ2v) is 5.58. The summed E-state index contributed by atoms with van der Waals surface area (Å²) < 4.78 is 4.93. The van der Waals surface area contributed by atoms with Gasteiger partial charge in [-0.15, -0.1) is 11.3 Å². The van der Waals surface area contributed by atoms with Crippen LogP contribution in [0.3, 0.4) is 0 Å². The molecule has 0 aliphatic rings. The van der Waals surface area contributed by atoms with Crippen LogP contribution in [-0.4, -0.2) is 18.6 Å². The fourth-order valence-corrected chi connectivity index (χ4v) is 2.44. The molecule has 3 N–H and O–H groups in total. The van der Waals surface area contributed by atoms with Crippen LogP contribution in [0.4, 0.5) is 10.7 Å². The van der Waals surface area contributed by atoms with Crippen molar-refractivity contribution in [3.8, 4) is 6.07 Å². The summed E-state index contributed by atoms with van der Waals surface area (Å²) >= 11 is 1.17. The average molecular weight is 281 g/mol. The molecule has 1 aromatic heterocycles. The fourth-order valence-electron chi connectivity index (χ4n) is 1.38. The van der Waals surface area contributed by atoms with E-state index in [2.05, 4.69) is 19.2 Å². The van der Waals surface area contributed by atoms with Crippen molar-refractivity contribution < 1.29 is 9.53 Å². The molecule has 0 amide bonds. The second-order valence-electron chi connectivity index (χ2n) is 4.56. The second kappa shape index (κ2) is 6.43.